The number of esters is 1. The minimum absolute atomic E-state index is 0.377. The van der Waals surface area contributed by atoms with E-state index in [1.807, 2.05) is 12.3 Å². The van der Waals surface area contributed by atoms with Crippen molar-refractivity contribution in [3.05, 3.63) is 34.8 Å². The molecule has 0 N–H and O–H groups in total. The minimum atomic E-state index is -0.377. The summed E-state index contributed by atoms with van der Waals surface area (Å²) in [6.45, 7) is 4.21. The second kappa shape index (κ2) is 7.77. The zero-order valence-corrected chi connectivity index (χ0v) is 14.7. The number of nitrogens with zero attached hydrogens (tertiary/aromatic N) is 1. The number of thiazole rings is 1. The van der Waals surface area contributed by atoms with Crippen LogP contribution in [-0.2, 0) is 15.9 Å². The quantitative estimate of drug-likeness (QED) is 0.748. The molecule has 1 aromatic heterocycles. The van der Waals surface area contributed by atoms with Crippen LogP contribution in [0.1, 0.15) is 28.6 Å². The maximum atomic E-state index is 12.0. The first kappa shape index (κ1) is 16.9. The van der Waals surface area contributed by atoms with Crippen molar-refractivity contribution in [2.45, 2.75) is 19.8 Å². The van der Waals surface area contributed by atoms with Crippen LogP contribution in [0.5, 0.6) is 5.75 Å². The summed E-state index contributed by atoms with van der Waals surface area (Å²) in [5, 5.41) is 0.881. The largest absolute Gasteiger partial charge is 0.493 e. The van der Waals surface area contributed by atoms with Gasteiger partial charge in [-0.2, -0.15) is 0 Å². The maximum absolute atomic E-state index is 12.0. The summed E-state index contributed by atoms with van der Waals surface area (Å²) >= 11 is 1.63. The second-order valence-corrected chi connectivity index (χ2v) is 6.88. The first-order chi connectivity index (χ1) is 11.7. The van der Waals surface area contributed by atoms with Crippen LogP contribution in [0.2, 0.25) is 0 Å². The van der Waals surface area contributed by atoms with Crippen LogP contribution in [0.4, 0.5) is 0 Å². The number of benzene rings is 1. The normalized spacial score (nSPS) is 17.0. The molecule has 1 fully saturated rings. The number of rotatable bonds is 6. The average Bonchev–Trinajstić information content (AvgIpc) is 3.30. The molecule has 1 aliphatic heterocycles. The van der Waals surface area contributed by atoms with Gasteiger partial charge >= 0.3 is 5.97 Å². The molecule has 1 aliphatic rings. The molecule has 0 spiro atoms. The Morgan fingerprint density at radius 3 is 2.96 bits per heavy atom. The van der Waals surface area contributed by atoms with Crippen molar-refractivity contribution in [1.82, 2.24) is 4.98 Å². The monoisotopic (exact) mass is 347 g/mol. The number of methoxy groups -OCH3 is 1. The third-order valence-electron chi connectivity index (χ3n) is 3.99. The van der Waals surface area contributed by atoms with Gasteiger partial charge in [0.15, 0.2) is 0 Å². The van der Waals surface area contributed by atoms with Crippen LogP contribution in [0.3, 0.4) is 0 Å². The molecule has 24 heavy (non-hydrogen) atoms. The van der Waals surface area contributed by atoms with E-state index in [2.05, 4.69) is 11.9 Å². The molecule has 1 unspecified atom stereocenters. The van der Waals surface area contributed by atoms with Gasteiger partial charge in [0, 0.05) is 29.2 Å². The molecule has 2 aromatic rings. The molecule has 0 bridgehead atoms. The van der Waals surface area contributed by atoms with Gasteiger partial charge in [0.25, 0.3) is 0 Å². The summed E-state index contributed by atoms with van der Waals surface area (Å²) in [6, 6.07) is 5.45. The summed E-state index contributed by atoms with van der Waals surface area (Å²) in [5.41, 5.74) is 1.35. The van der Waals surface area contributed by atoms with Crippen LogP contribution in [0.25, 0.3) is 10.6 Å². The molecule has 1 atom stereocenters. The minimum Gasteiger partial charge on any atom is -0.493 e. The summed E-state index contributed by atoms with van der Waals surface area (Å²) < 4.78 is 16.1. The highest BCUT2D eigenvalue weighted by Crippen LogP contribution is 2.30. The van der Waals surface area contributed by atoms with Crippen molar-refractivity contribution in [3.63, 3.8) is 0 Å². The zero-order chi connectivity index (χ0) is 16.9. The Morgan fingerprint density at radius 2 is 2.29 bits per heavy atom. The Labute approximate surface area is 145 Å². The molecule has 1 aromatic carbocycles. The van der Waals surface area contributed by atoms with Crippen molar-refractivity contribution in [3.8, 4) is 16.3 Å². The Kier molecular flexibility index (Phi) is 5.48. The third kappa shape index (κ3) is 3.94. The van der Waals surface area contributed by atoms with Gasteiger partial charge in [-0.25, -0.2) is 9.78 Å². The van der Waals surface area contributed by atoms with E-state index in [1.165, 1.54) is 12.0 Å². The molecule has 0 saturated carbocycles. The van der Waals surface area contributed by atoms with Gasteiger partial charge in [-0.05, 0) is 31.0 Å². The molecule has 128 valence electrons. The van der Waals surface area contributed by atoms with Crippen LogP contribution in [0.15, 0.2) is 24.4 Å². The van der Waals surface area contributed by atoms with Gasteiger partial charge in [-0.3, -0.25) is 0 Å². The van der Waals surface area contributed by atoms with Gasteiger partial charge in [0.1, 0.15) is 10.8 Å². The second-order valence-electron chi connectivity index (χ2n) is 5.76. The zero-order valence-electron chi connectivity index (χ0n) is 13.9. The Morgan fingerprint density at radius 1 is 1.42 bits per heavy atom. The lowest BCUT2D eigenvalue weighted by Crippen LogP contribution is -2.12. The number of carbonyl (C=O) groups excluding carboxylic acids is 1. The summed E-state index contributed by atoms with van der Waals surface area (Å²) in [5.74, 6) is 0.688. The first-order valence-corrected chi connectivity index (χ1v) is 8.90. The lowest BCUT2D eigenvalue weighted by Gasteiger charge is -2.12. The molecule has 3 rings (SSSR count). The molecular weight excluding hydrogens is 326 g/mol. The fourth-order valence-electron chi connectivity index (χ4n) is 2.57. The van der Waals surface area contributed by atoms with E-state index < -0.39 is 0 Å². The number of carbonyl (C=O) groups is 1. The van der Waals surface area contributed by atoms with Crippen molar-refractivity contribution in [1.29, 1.82) is 0 Å². The van der Waals surface area contributed by atoms with E-state index >= 15 is 0 Å². The fraction of sp³-hybridized carbons (Fsp3) is 0.444. The highest BCUT2D eigenvalue weighted by atomic mass is 32.1. The SMILES string of the molecule is CCc1cnc(-c2cc(OCC3CCOC3)cc(C(=O)OC)c2)s1. The lowest BCUT2D eigenvalue weighted by molar-refractivity contribution is 0.0600. The highest BCUT2D eigenvalue weighted by molar-refractivity contribution is 7.15. The number of aromatic nitrogens is 1. The number of hydrogen-bond donors (Lipinski definition) is 0. The third-order valence-corrected chi connectivity index (χ3v) is 5.18. The Bertz CT molecular complexity index is 707. The summed E-state index contributed by atoms with van der Waals surface area (Å²) in [6.07, 6.45) is 3.83. The standard InChI is InChI=1S/C18H21NO4S/c1-3-16-9-19-17(24-16)13-6-14(18(20)21-2)8-15(7-13)23-11-12-4-5-22-10-12/h6-9,12H,3-5,10-11H2,1-2H3. The van der Waals surface area contributed by atoms with Crippen LogP contribution < -0.4 is 4.74 Å². The molecule has 0 aliphatic carbocycles. The van der Waals surface area contributed by atoms with E-state index in [0.29, 0.717) is 23.8 Å². The number of hydrogen-bond acceptors (Lipinski definition) is 6. The van der Waals surface area contributed by atoms with E-state index in [-0.39, 0.29) is 5.97 Å². The molecule has 0 radical (unpaired) electrons. The van der Waals surface area contributed by atoms with Gasteiger partial charge in [-0.1, -0.05) is 6.92 Å². The maximum Gasteiger partial charge on any atom is 0.338 e. The molecule has 0 amide bonds. The van der Waals surface area contributed by atoms with Gasteiger partial charge in [-0.15, -0.1) is 11.3 Å². The smallest absolute Gasteiger partial charge is 0.338 e. The van der Waals surface area contributed by atoms with Crippen molar-refractivity contribution in [2.75, 3.05) is 26.9 Å². The van der Waals surface area contributed by atoms with Crippen molar-refractivity contribution >= 4 is 17.3 Å². The number of aryl methyl sites for hydroxylation is 1. The van der Waals surface area contributed by atoms with E-state index in [1.54, 1.807) is 23.5 Å². The van der Waals surface area contributed by atoms with Crippen LogP contribution in [0, 0.1) is 5.92 Å². The fourth-order valence-corrected chi connectivity index (χ4v) is 3.41. The Hall–Kier alpha value is -1.92. The molecule has 1 saturated heterocycles. The molecule has 6 heteroatoms. The van der Waals surface area contributed by atoms with Crippen LogP contribution in [-0.4, -0.2) is 37.9 Å². The average molecular weight is 347 g/mol. The molecular formula is C18H21NO4S. The predicted molar refractivity (Wildman–Crippen MR) is 92.7 cm³/mol. The Balaban J connectivity index is 1.86. The topological polar surface area (TPSA) is 57.7 Å². The number of ether oxygens (including phenoxy) is 3. The van der Waals surface area contributed by atoms with E-state index in [9.17, 15) is 4.79 Å². The van der Waals surface area contributed by atoms with Gasteiger partial charge in [0.05, 0.1) is 25.9 Å². The van der Waals surface area contributed by atoms with E-state index in [0.717, 1.165) is 36.6 Å². The predicted octanol–water partition coefficient (Wildman–Crippen LogP) is 3.57. The first-order valence-electron chi connectivity index (χ1n) is 8.08. The van der Waals surface area contributed by atoms with Gasteiger partial charge < -0.3 is 14.2 Å². The lowest BCUT2D eigenvalue weighted by atomic mass is 10.1. The van der Waals surface area contributed by atoms with Crippen LogP contribution >= 0.6 is 11.3 Å². The summed E-state index contributed by atoms with van der Waals surface area (Å²) in [4.78, 5) is 17.6. The van der Waals surface area contributed by atoms with Gasteiger partial charge in [0.2, 0.25) is 0 Å². The summed E-state index contributed by atoms with van der Waals surface area (Å²) in [7, 11) is 1.38. The van der Waals surface area contributed by atoms with E-state index in [4.69, 9.17) is 14.2 Å². The van der Waals surface area contributed by atoms with Crippen molar-refractivity contribution in [2.24, 2.45) is 5.92 Å². The molecule has 5 nitrogen and oxygen atoms in total. The highest BCUT2D eigenvalue weighted by Gasteiger charge is 2.18. The molecule has 2 heterocycles. The van der Waals surface area contributed by atoms with Crippen molar-refractivity contribution < 1.29 is 19.0 Å².